The standard InChI is InChI=1S/C14H10F4O/c1-8-3-2-4-10(13(8)15)11-7-9(14(16,17)18)5-6-12(11)19/h2-7,19H,1H3. The van der Waals surface area contributed by atoms with Gasteiger partial charge in [-0.25, -0.2) is 4.39 Å². The highest BCUT2D eigenvalue weighted by Crippen LogP contribution is 2.37. The SMILES string of the molecule is Cc1cccc(-c2cc(C(F)(F)F)ccc2O)c1F. The van der Waals surface area contributed by atoms with Gasteiger partial charge in [0.15, 0.2) is 0 Å². The Morgan fingerprint density at radius 1 is 1.00 bits per heavy atom. The Morgan fingerprint density at radius 2 is 1.68 bits per heavy atom. The van der Waals surface area contributed by atoms with E-state index in [-0.39, 0.29) is 11.1 Å². The van der Waals surface area contributed by atoms with Crippen LogP contribution in [0.3, 0.4) is 0 Å². The van der Waals surface area contributed by atoms with Crippen molar-refractivity contribution < 1.29 is 22.7 Å². The number of rotatable bonds is 1. The molecule has 2 rings (SSSR count). The second kappa shape index (κ2) is 4.57. The molecule has 0 unspecified atom stereocenters. The lowest BCUT2D eigenvalue weighted by molar-refractivity contribution is -0.137. The lowest BCUT2D eigenvalue weighted by atomic mass is 9.99. The van der Waals surface area contributed by atoms with E-state index in [0.29, 0.717) is 5.56 Å². The summed E-state index contributed by atoms with van der Waals surface area (Å²) in [5.74, 6) is -1.03. The number of aromatic hydroxyl groups is 1. The summed E-state index contributed by atoms with van der Waals surface area (Å²) in [7, 11) is 0. The van der Waals surface area contributed by atoms with Gasteiger partial charge in [-0.2, -0.15) is 13.2 Å². The molecule has 0 aliphatic rings. The summed E-state index contributed by atoms with van der Waals surface area (Å²) in [5.41, 5.74) is -0.852. The van der Waals surface area contributed by atoms with E-state index in [1.165, 1.54) is 25.1 Å². The molecule has 0 saturated carbocycles. The first-order valence-corrected chi connectivity index (χ1v) is 5.46. The number of phenolic OH excluding ortho intramolecular Hbond substituents is 1. The molecule has 0 atom stereocenters. The van der Waals surface area contributed by atoms with Crippen molar-refractivity contribution in [2.45, 2.75) is 13.1 Å². The van der Waals surface area contributed by atoms with Crippen LogP contribution in [0.4, 0.5) is 17.6 Å². The lowest BCUT2D eigenvalue weighted by Gasteiger charge is -2.12. The minimum absolute atomic E-state index is 0.0522. The van der Waals surface area contributed by atoms with Gasteiger partial charge in [0.2, 0.25) is 0 Å². The second-order valence-electron chi connectivity index (χ2n) is 4.17. The number of benzene rings is 2. The van der Waals surface area contributed by atoms with E-state index in [2.05, 4.69) is 0 Å². The minimum atomic E-state index is -4.54. The highest BCUT2D eigenvalue weighted by molar-refractivity contribution is 5.72. The van der Waals surface area contributed by atoms with E-state index in [0.717, 1.165) is 18.2 Å². The summed E-state index contributed by atoms with van der Waals surface area (Å²) in [4.78, 5) is 0. The maximum absolute atomic E-state index is 13.9. The van der Waals surface area contributed by atoms with Gasteiger partial charge >= 0.3 is 6.18 Å². The first-order chi connectivity index (χ1) is 8.80. The summed E-state index contributed by atoms with van der Waals surface area (Å²) in [6, 6.07) is 6.77. The van der Waals surface area contributed by atoms with Gasteiger partial charge in [0.1, 0.15) is 11.6 Å². The summed E-state index contributed by atoms with van der Waals surface area (Å²) in [5, 5.41) is 9.64. The quantitative estimate of drug-likeness (QED) is 0.755. The maximum Gasteiger partial charge on any atom is 0.416 e. The summed E-state index contributed by atoms with van der Waals surface area (Å²) >= 11 is 0. The summed E-state index contributed by atoms with van der Waals surface area (Å²) in [6.07, 6.45) is -4.54. The predicted molar refractivity (Wildman–Crippen MR) is 63.2 cm³/mol. The Morgan fingerprint density at radius 3 is 2.32 bits per heavy atom. The first-order valence-electron chi connectivity index (χ1n) is 5.46. The van der Waals surface area contributed by atoms with E-state index in [1.54, 1.807) is 0 Å². The molecule has 2 aromatic rings. The molecule has 0 heterocycles. The highest BCUT2D eigenvalue weighted by atomic mass is 19.4. The summed E-state index contributed by atoms with van der Waals surface area (Å²) < 4.78 is 51.8. The molecule has 0 spiro atoms. The number of hydrogen-bond donors (Lipinski definition) is 1. The molecule has 0 aliphatic heterocycles. The summed E-state index contributed by atoms with van der Waals surface area (Å²) in [6.45, 7) is 1.50. The van der Waals surface area contributed by atoms with Crippen molar-refractivity contribution in [1.82, 2.24) is 0 Å². The molecule has 0 radical (unpaired) electrons. The fraction of sp³-hybridized carbons (Fsp3) is 0.143. The van der Waals surface area contributed by atoms with E-state index in [4.69, 9.17) is 0 Å². The van der Waals surface area contributed by atoms with Crippen molar-refractivity contribution in [3.05, 3.63) is 53.3 Å². The third-order valence-corrected chi connectivity index (χ3v) is 2.81. The molecule has 1 N–H and O–H groups in total. The zero-order valence-corrected chi connectivity index (χ0v) is 9.92. The highest BCUT2D eigenvalue weighted by Gasteiger charge is 2.31. The van der Waals surface area contributed by atoms with Crippen LogP contribution in [-0.4, -0.2) is 5.11 Å². The Balaban J connectivity index is 2.65. The van der Waals surface area contributed by atoms with E-state index in [9.17, 15) is 22.7 Å². The van der Waals surface area contributed by atoms with Crippen LogP contribution in [0.2, 0.25) is 0 Å². The molecule has 2 aromatic carbocycles. The second-order valence-corrected chi connectivity index (χ2v) is 4.17. The average Bonchev–Trinajstić information content (AvgIpc) is 2.32. The molecule has 0 aliphatic carbocycles. The zero-order valence-electron chi connectivity index (χ0n) is 9.92. The number of aryl methyl sites for hydroxylation is 1. The van der Waals surface area contributed by atoms with Crippen molar-refractivity contribution in [1.29, 1.82) is 0 Å². The third-order valence-electron chi connectivity index (χ3n) is 2.81. The third kappa shape index (κ3) is 2.54. The zero-order chi connectivity index (χ0) is 14.2. The van der Waals surface area contributed by atoms with Crippen LogP contribution in [0.25, 0.3) is 11.1 Å². The van der Waals surface area contributed by atoms with Gasteiger partial charge < -0.3 is 5.11 Å². The van der Waals surface area contributed by atoms with E-state index in [1.807, 2.05) is 0 Å². The molecule has 0 saturated heterocycles. The number of halogens is 4. The Labute approximate surface area is 107 Å². The number of phenols is 1. The largest absolute Gasteiger partial charge is 0.507 e. The first kappa shape index (κ1) is 13.4. The molecule has 0 amide bonds. The Bertz CT molecular complexity index is 617. The number of hydrogen-bond acceptors (Lipinski definition) is 1. The molecule has 0 fully saturated rings. The van der Waals surface area contributed by atoms with Crippen molar-refractivity contribution in [3.63, 3.8) is 0 Å². The van der Waals surface area contributed by atoms with Crippen LogP contribution in [0.1, 0.15) is 11.1 Å². The van der Waals surface area contributed by atoms with Crippen LogP contribution in [0, 0.1) is 12.7 Å². The maximum atomic E-state index is 13.9. The smallest absolute Gasteiger partial charge is 0.416 e. The molecule has 1 nitrogen and oxygen atoms in total. The molecule has 19 heavy (non-hydrogen) atoms. The molecule has 100 valence electrons. The van der Waals surface area contributed by atoms with Gasteiger partial charge in [0.25, 0.3) is 0 Å². The van der Waals surface area contributed by atoms with Gasteiger partial charge in [0.05, 0.1) is 5.56 Å². The monoisotopic (exact) mass is 270 g/mol. The Kier molecular flexibility index (Phi) is 3.22. The van der Waals surface area contributed by atoms with Crippen LogP contribution < -0.4 is 0 Å². The van der Waals surface area contributed by atoms with E-state index >= 15 is 0 Å². The van der Waals surface area contributed by atoms with Crippen molar-refractivity contribution in [3.8, 4) is 16.9 Å². The van der Waals surface area contributed by atoms with Gasteiger partial charge in [-0.3, -0.25) is 0 Å². The number of alkyl halides is 3. The van der Waals surface area contributed by atoms with Gasteiger partial charge in [-0.1, -0.05) is 18.2 Å². The average molecular weight is 270 g/mol. The topological polar surface area (TPSA) is 20.2 Å². The lowest BCUT2D eigenvalue weighted by Crippen LogP contribution is -2.04. The molecule has 5 heteroatoms. The van der Waals surface area contributed by atoms with Crippen molar-refractivity contribution >= 4 is 0 Å². The predicted octanol–water partition coefficient (Wildman–Crippen LogP) is 4.53. The van der Waals surface area contributed by atoms with Gasteiger partial charge in [0, 0.05) is 11.1 Å². The normalized spacial score (nSPS) is 11.6. The fourth-order valence-electron chi connectivity index (χ4n) is 1.78. The Hall–Kier alpha value is -2.04. The van der Waals surface area contributed by atoms with Crippen LogP contribution in [0.5, 0.6) is 5.75 Å². The van der Waals surface area contributed by atoms with Gasteiger partial charge in [-0.05, 0) is 30.7 Å². The van der Waals surface area contributed by atoms with E-state index < -0.39 is 23.3 Å². The van der Waals surface area contributed by atoms with Crippen LogP contribution in [0.15, 0.2) is 36.4 Å². The van der Waals surface area contributed by atoms with Crippen molar-refractivity contribution in [2.24, 2.45) is 0 Å². The van der Waals surface area contributed by atoms with Crippen molar-refractivity contribution in [2.75, 3.05) is 0 Å². The van der Waals surface area contributed by atoms with Crippen LogP contribution >= 0.6 is 0 Å². The molecule has 0 aromatic heterocycles. The molecule has 0 bridgehead atoms. The minimum Gasteiger partial charge on any atom is -0.507 e. The van der Waals surface area contributed by atoms with Gasteiger partial charge in [-0.15, -0.1) is 0 Å². The fourth-order valence-corrected chi connectivity index (χ4v) is 1.78. The van der Waals surface area contributed by atoms with Crippen LogP contribution in [-0.2, 0) is 6.18 Å². The molecular weight excluding hydrogens is 260 g/mol. The molecular formula is C14H10F4O.